The number of aryl methyl sites for hydroxylation is 1. The molecule has 1 aromatic heterocycles. The number of nitrogens with one attached hydrogen (secondary N) is 2. The molecular formula is C28H28N6O5S. The highest BCUT2D eigenvalue weighted by molar-refractivity contribution is 7.99. The summed E-state index contributed by atoms with van der Waals surface area (Å²) < 4.78 is 12.3. The Kier molecular flexibility index (Phi) is 9.36. The Hall–Kier alpha value is -4.84. The van der Waals surface area contributed by atoms with Gasteiger partial charge in [-0.05, 0) is 43.3 Å². The molecule has 11 nitrogen and oxygen atoms in total. The van der Waals surface area contributed by atoms with Crippen LogP contribution in [-0.4, -0.2) is 57.9 Å². The van der Waals surface area contributed by atoms with Gasteiger partial charge in [0.25, 0.3) is 5.91 Å². The summed E-state index contributed by atoms with van der Waals surface area (Å²) in [6.07, 6.45) is 1.25. The number of anilines is 1. The first kappa shape index (κ1) is 28.2. The number of ether oxygens (including phenoxy) is 2. The summed E-state index contributed by atoms with van der Waals surface area (Å²) in [5, 5.41) is 26.1. The van der Waals surface area contributed by atoms with Gasteiger partial charge in [-0.3, -0.25) is 9.36 Å². The molecular weight excluding hydrogens is 532 g/mol. The SMILES string of the molecule is COc1ccc(/C=N/NC(=O)CSc2nnc(CNc3ccc(C)cc3)n2-c2ccccc2)c(C(=O)O)c1OC. The zero-order valence-electron chi connectivity index (χ0n) is 22.1. The van der Waals surface area contributed by atoms with Gasteiger partial charge in [-0.15, -0.1) is 10.2 Å². The molecule has 1 amide bonds. The summed E-state index contributed by atoms with van der Waals surface area (Å²) in [4.78, 5) is 24.4. The summed E-state index contributed by atoms with van der Waals surface area (Å²) >= 11 is 1.20. The van der Waals surface area contributed by atoms with Crippen LogP contribution in [0.2, 0.25) is 0 Å². The summed E-state index contributed by atoms with van der Waals surface area (Å²) in [6.45, 7) is 2.46. The van der Waals surface area contributed by atoms with Crippen LogP contribution in [-0.2, 0) is 11.3 Å². The van der Waals surface area contributed by atoms with Gasteiger partial charge in [-0.1, -0.05) is 47.7 Å². The minimum atomic E-state index is -1.22. The number of amides is 1. The lowest BCUT2D eigenvalue weighted by Crippen LogP contribution is -2.20. The van der Waals surface area contributed by atoms with Crippen molar-refractivity contribution in [1.29, 1.82) is 0 Å². The van der Waals surface area contributed by atoms with E-state index in [9.17, 15) is 14.7 Å². The molecule has 1 heterocycles. The second kappa shape index (κ2) is 13.3. The van der Waals surface area contributed by atoms with Crippen molar-refractivity contribution < 1.29 is 24.2 Å². The summed E-state index contributed by atoms with van der Waals surface area (Å²) in [5.74, 6) is -0.595. The summed E-state index contributed by atoms with van der Waals surface area (Å²) in [7, 11) is 2.76. The van der Waals surface area contributed by atoms with Crippen molar-refractivity contribution in [2.45, 2.75) is 18.6 Å². The number of hydrazone groups is 1. The molecule has 0 radical (unpaired) electrons. The molecule has 0 saturated carbocycles. The molecule has 0 saturated heterocycles. The molecule has 3 aromatic carbocycles. The van der Waals surface area contributed by atoms with Crippen molar-refractivity contribution in [2.75, 3.05) is 25.3 Å². The standard InChI is InChI=1S/C28H28N6O5S/c1-18-9-12-20(13-10-18)29-16-23-31-33-28(34(23)21-7-5-4-6-8-21)40-17-24(35)32-30-15-19-11-14-22(38-2)26(39-3)25(19)27(36)37/h4-15,29H,16-17H2,1-3H3,(H,32,35)(H,36,37)/b30-15+. The van der Waals surface area contributed by atoms with Crippen LogP contribution in [0.1, 0.15) is 27.3 Å². The lowest BCUT2D eigenvalue weighted by Gasteiger charge is -2.12. The molecule has 0 unspecified atom stereocenters. The molecule has 0 aliphatic rings. The molecule has 12 heteroatoms. The van der Waals surface area contributed by atoms with Gasteiger partial charge in [-0.2, -0.15) is 5.10 Å². The number of nitrogens with zero attached hydrogens (tertiary/aromatic N) is 4. The minimum Gasteiger partial charge on any atom is -0.493 e. The van der Waals surface area contributed by atoms with Crippen molar-refractivity contribution in [3.8, 4) is 17.2 Å². The lowest BCUT2D eigenvalue weighted by molar-refractivity contribution is -0.118. The topological polar surface area (TPSA) is 140 Å². The molecule has 206 valence electrons. The van der Waals surface area contributed by atoms with E-state index < -0.39 is 11.9 Å². The predicted molar refractivity (Wildman–Crippen MR) is 153 cm³/mol. The smallest absolute Gasteiger partial charge is 0.340 e. The second-order valence-corrected chi connectivity index (χ2v) is 9.38. The Morgan fingerprint density at radius 1 is 1.02 bits per heavy atom. The molecule has 0 spiro atoms. The van der Waals surface area contributed by atoms with Gasteiger partial charge in [0.1, 0.15) is 5.56 Å². The average Bonchev–Trinajstić information content (AvgIpc) is 3.38. The summed E-state index contributed by atoms with van der Waals surface area (Å²) in [6, 6.07) is 20.8. The van der Waals surface area contributed by atoms with Gasteiger partial charge in [0, 0.05) is 16.9 Å². The third-order valence-electron chi connectivity index (χ3n) is 5.73. The maximum Gasteiger partial charge on any atom is 0.340 e. The average molecular weight is 561 g/mol. The fraction of sp³-hybridized carbons (Fsp3) is 0.179. The third kappa shape index (κ3) is 6.77. The van der Waals surface area contributed by atoms with E-state index in [0.717, 1.165) is 11.4 Å². The molecule has 3 N–H and O–H groups in total. The molecule has 0 aliphatic heterocycles. The monoisotopic (exact) mass is 560 g/mol. The van der Waals surface area contributed by atoms with Crippen LogP contribution in [0.15, 0.2) is 77.0 Å². The lowest BCUT2D eigenvalue weighted by atomic mass is 10.1. The fourth-order valence-electron chi connectivity index (χ4n) is 3.80. The van der Waals surface area contributed by atoms with Crippen LogP contribution in [0.4, 0.5) is 5.69 Å². The van der Waals surface area contributed by atoms with Gasteiger partial charge in [0.2, 0.25) is 0 Å². The minimum absolute atomic E-state index is 0.00538. The van der Waals surface area contributed by atoms with Gasteiger partial charge in [0.05, 0.1) is 32.7 Å². The van der Waals surface area contributed by atoms with Crippen LogP contribution < -0.4 is 20.2 Å². The van der Waals surface area contributed by atoms with Crippen LogP contribution in [0.25, 0.3) is 5.69 Å². The number of hydrogen-bond acceptors (Lipinski definition) is 9. The van der Waals surface area contributed by atoms with Crippen LogP contribution in [0.3, 0.4) is 0 Å². The third-order valence-corrected chi connectivity index (χ3v) is 6.66. The molecule has 40 heavy (non-hydrogen) atoms. The molecule has 0 atom stereocenters. The van der Waals surface area contributed by atoms with E-state index in [-0.39, 0.29) is 28.4 Å². The second-order valence-electron chi connectivity index (χ2n) is 8.44. The summed E-state index contributed by atoms with van der Waals surface area (Å²) in [5.41, 5.74) is 5.54. The van der Waals surface area contributed by atoms with E-state index in [1.54, 1.807) is 6.07 Å². The molecule has 4 rings (SSSR count). The van der Waals surface area contributed by atoms with Gasteiger partial charge in [0.15, 0.2) is 22.5 Å². The largest absolute Gasteiger partial charge is 0.493 e. The number of rotatable bonds is 12. The number of aromatic nitrogens is 3. The van der Waals surface area contributed by atoms with Crippen molar-refractivity contribution in [1.82, 2.24) is 20.2 Å². The maximum absolute atomic E-state index is 12.6. The molecule has 0 aliphatic carbocycles. The van der Waals surface area contributed by atoms with Crippen molar-refractivity contribution >= 4 is 35.5 Å². The van der Waals surface area contributed by atoms with Crippen LogP contribution >= 0.6 is 11.8 Å². The Labute approximate surface area is 235 Å². The quantitative estimate of drug-likeness (QED) is 0.132. The van der Waals surface area contributed by atoms with Crippen molar-refractivity contribution in [2.24, 2.45) is 5.10 Å². The maximum atomic E-state index is 12.6. The first-order chi connectivity index (χ1) is 19.4. The van der Waals surface area contributed by atoms with E-state index in [1.165, 1.54) is 43.8 Å². The number of carboxylic acids is 1. The molecule has 0 fully saturated rings. The fourth-order valence-corrected chi connectivity index (χ4v) is 4.57. The Morgan fingerprint density at radius 2 is 1.77 bits per heavy atom. The van der Waals surface area contributed by atoms with Gasteiger partial charge < -0.3 is 19.9 Å². The first-order valence-corrected chi connectivity index (χ1v) is 13.1. The molecule has 0 bridgehead atoms. The molecule has 4 aromatic rings. The highest BCUT2D eigenvalue weighted by Crippen LogP contribution is 2.33. The van der Waals surface area contributed by atoms with Crippen LogP contribution in [0, 0.1) is 6.92 Å². The van der Waals surface area contributed by atoms with E-state index in [2.05, 4.69) is 26.0 Å². The van der Waals surface area contributed by atoms with Gasteiger partial charge in [-0.25, -0.2) is 10.2 Å². The predicted octanol–water partition coefficient (Wildman–Crippen LogP) is 4.15. The zero-order valence-corrected chi connectivity index (χ0v) is 22.9. The number of aromatic carboxylic acids is 1. The normalized spacial score (nSPS) is 10.9. The van der Waals surface area contributed by atoms with E-state index in [1.807, 2.05) is 66.1 Å². The number of carbonyl (C=O) groups excluding carboxylic acids is 1. The Balaban J connectivity index is 1.45. The highest BCUT2D eigenvalue weighted by atomic mass is 32.2. The Bertz CT molecular complexity index is 1510. The number of methoxy groups -OCH3 is 2. The van der Waals surface area contributed by atoms with Crippen LogP contribution in [0.5, 0.6) is 11.5 Å². The Morgan fingerprint density at radius 3 is 2.45 bits per heavy atom. The van der Waals surface area contributed by atoms with E-state index in [4.69, 9.17) is 9.47 Å². The zero-order chi connectivity index (χ0) is 28.5. The number of carbonyl (C=O) groups is 2. The number of carboxylic acid groups (broad SMARTS) is 1. The van der Waals surface area contributed by atoms with Crippen molar-refractivity contribution in [3.05, 3.63) is 89.2 Å². The number of hydrogen-bond donors (Lipinski definition) is 3. The highest BCUT2D eigenvalue weighted by Gasteiger charge is 2.20. The van der Waals surface area contributed by atoms with Gasteiger partial charge >= 0.3 is 5.97 Å². The number of para-hydroxylation sites is 1. The number of thioether (sulfide) groups is 1. The number of benzene rings is 3. The first-order valence-electron chi connectivity index (χ1n) is 12.1. The van der Waals surface area contributed by atoms with Crippen molar-refractivity contribution in [3.63, 3.8) is 0 Å². The van der Waals surface area contributed by atoms with E-state index in [0.29, 0.717) is 17.5 Å². The van der Waals surface area contributed by atoms with E-state index >= 15 is 0 Å².